The number of amides is 1. The summed E-state index contributed by atoms with van der Waals surface area (Å²) < 4.78 is 7.74. The van der Waals surface area contributed by atoms with Crippen molar-refractivity contribution in [2.45, 2.75) is 39.8 Å². The Balaban J connectivity index is 1.52. The van der Waals surface area contributed by atoms with Gasteiger partial charge in [-0.05, 0) is 32.9 Å². The molecule has 1 atom stereocenters. The number of nitrogens with zero attached hydrogens (tertiary/aromatic N) is 2. The lowest BCUT2D eigenvalue weighted by Gasteiger charge is -2.26. The number of aromatic nitrogens is 2. The largest absolute Gasteiger partial charge is 0.493 e. The number of carbonyl (C=O) groups excluding carboxylic acids is 1. The van der Waals surface area contributed by atoms with Gasteiger partial charge in [0, 0.05) is 34.3 Å². The molecule has 140 valence electrons. The lowest BCUT2D eigenvalue weighted by Crippen LogP contribution is -2.34. The first-order chi connectivity index (χ1) is 13.0. The third kappa shape index (κ3) is 3.49. The van der Waals surface area contributed by atoms with Crippen molar-refractivity contribution in [1.82, 2.24) is 14.9 Å². The van der Waals surface area contributed by atoms with E-state index in [0.29, 0.717) is 13.2 Å². The molecule has 27 heavy (non-hydrogen) atoms. The van der Waals surface area contributed by atoms with Crippen molar-refractivity contribution < 1.29 is 9.53 Å². The van der Waals surface area contributed by atoms with Gasteiger partial charge in [-0.2, -0.15) is 0 Å². The number of nitrogens with one attached hydrogen (secondary N) is 1. The van der Waals surface area contributed by atoms with Crippen LogP contribution in [0.5, 0.6) is 5.75 Å². The molecule has 0 spiro atoms. The molecule has 1 N–H and O–H groups in total. The molecular formula is C21H23N3O2S. The minimum absolute atomic E-state index is 0.000662. The van der Waals surface area contributed by atoms with E-state index < -0.39 is 0 Å². The van der Waals surface area contributed by atoms with E-state index >= 15 is 0 Å². The first-order valence-corrected chi connectivity index (χ1v) is 10.0. The van der Waals surface area contributed by atoms with Crippen molar-refractivity contribution in [3.8, 4) is 17.0 Å². The van der Waals surface area contributed by atoms with Crippen molar-refractivity contribution in [2.75, 3.05) is 6.61 Å². The molecule has 1 aliphatic rings. The molecule has 3 aromatic rings. The van der Waals surface area contributed by atoms with Crippen LogP contribution < -0.4 is 10.1 Å². The summed E-state index contributed by atoms with van der Waals surface area (Å²) in [7, 11) is 0. The second kappa shape index (κ2) is 7.19. The fourth-order valence-corrected chi connectivity index (χ4v) is 4.28. The summed E-state index contributed by atoms with van der Waals surface area (Å²) in [5.41, 5.74) is 5.27. The lowest BCUT2D eigenvalue weighted by atomic mass is 10.0. The predicted molar refractivity (Wildman–Crippen MR) is 107 cm³/mol. The molecule has 1 aliphatic heterocycles. The van der Waals surface area contributed by atoms with Crippen LogP contribution >= 0.6 is 11.3 Å². The van der Waals surface area contributed by atoms with Gasteiger partial charge in [-0.15, -0.1) is 11.3 Å². The minimum atomic E-state index is -0.000662. The van der Waals surface area contributed by atoms with Crippen LogP contribution in [0.25, 0.3) is 11.3 Å². The average Bonchev–Trinajstić information content (AvgIpc) is 3.20. The highest BCUT2D eigenvalue weighted by atomic mass is 32.1. The predicted octanol–water partition coefficient (Wildman–Crippen LogP) is 4.18. The molecule has 0 unspecified atom stereocenters. The van der Waals surface area contributed by atoms with E-state index in [2.05, 4.69) is 26.3 Å². The SMILES string of the molecule is Cc1nc(-c2cc(C)n(CC(=O)N[C@H]3CCOc4ccccc43)c2C)cs1. The second-order valence-electron chi connectivity index (χ2n) is 6.92. The Morgan fingerprint density at radius 3 is 2.93 bits per heavy atom. The summed E-state index contributed by atoms with van der Waals surface area (Å²) in [4.78, 5) is 17.3. The number of ether oxygens (including phenoxy) is 1. The van der Waals surface area contributed by atoms with E-state index in [-0.39, 0.29) is 11.9 Å². The van der Waals surface area contributed by atoms with E-state index in [4.69, 9.17) is 4.74 Å². The number of hydrogen-bond acceptors (Lipinski definition) is 4. The van der Waals surface area contributed by atoms with Crippen LogP contribution in [-0.4, -0.2) is 22.1 Å². The lowest BCUT2D eigenvalue weighted by molar-refractivity contribution is -0.122. The highest BCUT2D eigenvalue weighted by Gasteiger charge is 2.23. The molecule has 2 aromatic heterocycles. The van der Waals surface area contributed by atoms with Gasteiger partial charge in [0.15, 0.2) is 0 Å². The molecule has 1 amide bonds. The number of thiazole rings is 1. The normalized spacial score (nSPS) is 15.9. The van der Waals surface area contributed by atoms with Crippen LogP contribution in [0.2, 0.25) is 0 Å². The zero-order valence-electron chi connectivity index (χ0n) is 15.8. The highest BCUT2D eigenvalue weighted by molar-refractivity contribution is 7.09. The van der Waals surface area contributed by atoms with Crippen LogP contribution in [0.3, 0.4) is 0 Å². The molecule has 5 nitrogen and oxygen atoms in total. The van der Waals surface area contributed by atoms with Gasteiger partial charge in [-0.25, -0.2) is 4.98 Å². The zero-order valence-corrected chi connectivity index (χ0v) is 16.6. The van der Waals surface area contributed by atoms with Gasteiger partial charge in [0.25, 0.3) is 0 Å². The first-order valence-electron chi connectivity index (χ1n) is 9.13. The first kappa shape index (κ1) is 17.8. The van der Waals surface area contributed by atoms with E-state index in [9.17, 15) is 4.79 Å². The number of benzene rings is 1. The van der Waals surface area contributed by atoms with Crippen molar-refractivity contribution in [2.24, 2.45) is 0 Å². The molecule has 0 radical (unpaired) electrons. The fourth-order valence-electron chi connectivity index (χ4n) is 3.67. The highest BCUT2D eigenvalue weighted by Crippen LogP contribution is 2.32. The Kier molecular flexibility index (Phi) is 4.74. The molecule has 0 fully saturated rings. The Bertz CT molecular complexity index is 989. The Labute approximate surface area is 163 Å². The number of aryl methyl sites for hydroxylation is 2. The Morgan fingerprint density at radius 1 is 1.33 bits per heavy atom. The molecule has 6 heteroatoms. The molecule has 0 saturated carbocycles. The Hall–Kier alpha value is -2.60. The molecule has 0 aliphatic carbocycles. The Morgan fingerprint density at radius 2 is 2.15 bits per heavy atom. The zero-order chi connectivity index (χ0) is 19.0. The third-order valence-corrected chi connectivity index (χ3v) is 5.84. The molecular weight excluding hydrogens is 358 g/mol. The maximum Gasteiger partial charge on any atom is 0.240 e. The van der Waals surface area contributed by atoms with E-state index in [1.165, 1.54) is 0 Å². The summed E-state index contributed by atoms with van der Waals surface area (Å²) in [6, 6.07) is 10.0. The summed E-state index contributed by atoms with van der Waals surface area (Å²) in [5.74, 6) is 0.878. The summed E-state index contributed by atoms with van der Waals surface area (Å²) in [5, 5.41) is 6.29. The van der Waals surface area contributed by atoms with E-state index in [1.54, 1.807) is 11.3 Å². The van der Waals surface area contributed by atoms with Crippen LogP contribution in [0.1, 0.15) is 34.4 Å². The van der Waals surface area contributed by atoms with Crippen LogP contribution in [0, 0.1) is 20.8 Å². The molecule has 0 saturated heterocycles. The number of rotatable bonds is 4. The number of para-hydroxylation sites is 1. The average molecular weight is 382 g/mol. The topological polar surface area (TPSA) is 56.2 Å². The van der Waals surface area contributed by atoms with Crippen LogP contribution in [0.15, 0.2) is 35.7 Å². The maximum absolute atomic E-state index is 12.8. The van der Waals surface area contributed by atoms with Gasteiger partial charge >= 0.3 is 0 Å². The monoisotopic (exact) mass is 381 g/mol. The van der Waals surface area contributed by atoms with Gasteiger partial charge in [0.05, 0.1) is 23.4 Å². The number of fused-ring (bicyclic) bond motifs is 1. The van der Waals surface area contributed by atoms with E-state index in [0.717, 1.165) is 45.4 Å². The number of hydrogen-bond donors (Lipinski definition) is 1. The van der Waals surface area contributed by atoms with Gasteiger partial charge in [0.2, 0.25) is 5.91 Å². The minimum Gasteiger partial charge on any atom is -0.493 e. The van der Waals surface area contributed by atoms with Crippen molar-refractivity contribution in [3.63, 3.8) is 0 Å². The molecule has 4 rings (SSSR count). The van der Waals surface area contributed by atoms with Crippen molar-refractivity contribution >= 4 is 17.2 Å². The molecule has 0 bridgehead atoms. The smallest absolute Gasteiger partial charge is 0.240 e. The van der Waals surface area contributed by atoms with Crippen LogP contribution in [-0.2, 0) is 11.3 Å². The summed E-state index contributed by atoms with van der Waals surface area (Å²) >= 11 is 1.64. The number of carbonyl (C=O) groups is 1. The van der Waals surface area contributed by atoms with Gasteiger partial charge < -0.3 is 14.6 Å². The standard InChI is InChI=1S/C21H23N3O2S/c1-13-10-17(19-12-27-15(3)22-19)14(2)24(13)11-21(25)23-18-8-9-26-20-7-5-4-6-16(18)20/h4-7,10,12,18H,8-9,11H2,1-3H3,(H,23,25)/t18-/m0/s1. The van der Waals surface area contributed by atoms with E-state index in [1.807, 2.05) is 45.0 Å². The summed E-state index contributed by atoms with van der Waals surface area (Å²) in [6.07, 6.45) is 0.787. The van der Waals surface area contributed by atoms with Crippen molar-refractivity contribution in [3.05, 3.63) is 57.7 Å². The van der Waals surface area contributed by atoms with Crippen molar-refractivity contribution in [1.29, 1.82) is 0 Å². The molecule has 1 aromatic carbocycles. The van der Waals surface area contributed by atoms with Crippen LogP contribution in [0.4, 0.5) is 0 Å². The quantitative estimate of drug-likeness (QED) is 0.738. The van der Waals surface area contributed by atoms with Gasteiger partial charge in [0.1, 0.15) is 12.3 Å². The summed E-state index contributed by atoms with van der Waals surface area (Å²) in [6.45, 7) is 7.02. The van der Waals surface area contributed by atoms with Gasteiger partial charge in [-0.1, -0.05) is 18.2 Å². The molecule has 3 heterocycles. The maximum atomic E-state index is 12.8. The second-order valence-corrected chi connectivity index (χ2v) is 7.98. The third-order valence-electron chi connectivity index (χ3n) is 5.06. The van der Waals surface area contributed by atoms with Gasteiger partial charge in [-0.3, -0.25) is 4.79 Å². The fraction of sp³-hybridized carbons (Fsp3) is 0.333.